The third-order valence-corrected chi connectivity index (χ3v) is 3.70. The van der Waals surface area contributed by atoms with E-state index in [1.165, 1.54) is 0 Å². The number of aromatic nitrogens is 2. The number of hydrogen-bond acceptors (Lipinski definition) is 5. The molecule has 2 aromatic carbocycles. The van der Waals surface area contributed by atoms with Crippen LogP contribution in [-0.4, -0.2) is 22.7 Å². The quantitative estimate of drug-likeness (QED) is 0.707. The summed E-state index contributed by atoms with van der Waals surface area (Å²) in [6, 6.07) is 18.8. The minimum atomic E-state index is -0.293. The molecule has 3 rings (SSSR count). The number of ether oxygens (including phenoxy) is 1. The van der Waals surface area contributed by atoms with E-state index < -0.39 is 0 Å². The summed E-state index contributed by atoms with van der Waals surface area (Å²) in [5.41, 5.74) is 3.26. The summed E-state index contributed by atoms with van der Waals surface area (Å²) in [7, 11) is 0. The lowest BCUT2D eigenvalue weighted by molar-refractivity contribution is -0.118. The van der Waals surface area contributed by atoms with Crippen LogP contribution in [-0.2, 0) is 4.79 Å². The number of hydrogen-bond donors (Lipinski definition) is 2. The van der Waals surface area contributed by atoms with Gasteiger partial charge < -0.3 is 15.4 Å². The van der Waals surface area contributed by atoms with E-state index in [0.29, 0.717) is 17.4 Å². The Morgan fingerprint density at radius 1 is 0.962 bits per heavy atom. The molecule has 0 saturated carbocycles. The van der Waals surface area contributed by atoms with E-state index in [-0.39, 0.29) is 12.5 Å². The highest BCUT2D eigenvalue weighted by atomic mass is 16.5. The van der Waals surface area contributed by atoms with Crippen molar-refractivity contribution in [3.63, 3.8) is 0 Å². The Morgan fingerprint density at radius 3 is 2.42 bits per heavy atom. The van der Waals surface area contributed by atoms with Gasteiger partial charge in [0, 0.05) is 5.69 Å². The van der Waals surface area contributed by atoms with Crippen LogP contribution in [0.3, 0.4) is 0 Å². The van der Waals surface area contributed by atoms with Gasteiger partial charge >= 0.3 is 0 Å². The molecule has 0 saturated heterocycles. The van der Waals surface area contributed by atoms with Gasteiger partial charge in [0.15, 0.2) is 18.2 Å². The Hall–Kier alpha value is -3.41. The van der Waals surface area contributed by atoms with Crippen molar-refractivity contribution in [2.45, 2.75) is 13.8 Å². The Bertz CT molecular complexity index is 880. The maximum absolute atomic E-state index is 11.9. The SMILES string of the molecule is Cc1ccc(C)c(Nc2ccc(NC(=O)COc3ccccc3)nn2)c1. The summed E-state index contributed by atoms with van der Waals surface area (Å²) < 4.78 is 5.39. The number of rotatable bonds is 6. The zero-order valence-electron chi connectivity index (χ0n) is 14.7. The van der Waals surface area contributed by atoms with Gasteiger partial charge in [-0.05, 0) is 55.3 Å². The molecule has 6 heteroatoms. The topological polar surface area (TPSA) is 76.1 Å². The van der Waals surface area contributed by atoms with E-state index in [9.17, 15) is 4.79 Å². The predicted molar refractivity (Wildman–Crippen MR) is 102 cm³/mol. The third-order valence-electron chi connectivity index (χ3n) is 3.70. The molecule has 1 amide bonds. The summed E-state index contributed by atoms with van der Waals surface area (Å²) in [6.45, 7) is 3.97. The molecule has 26 heavy (non-hydrogen) atoms. The summed E-state index contributed by atoms with van der Waals surface area (Å²) >= 11 is 0. The van der Waals surface area contributed by atoms with Crippen LogP contribution < -0.4 is 15.4 Å². The highest BCUT2D eigenvalue weighted by Gasteiger charge is 2.06. The molecule has 0 atom stereocenters. The van der Waals surface area contributed by atoms with E-state index in [1.807, 2.05) is 44.2 Å². The highest BCUT2D eigenvalue weighted by molar-refractivity contribution is 5.90. The molecule has 0 aliphatic heterocycles. The lowest BCUT2D eigenvalue weighted by atomic mass is 10.1. The zero-order valence-corrected chi connectivity index (χ0v) is 14.7. The van der Waals surface area contributed by atoms with Crippen molar-refractivity contribution in [3.8, 4) is 5.75 Å². The van der Waals surface area contributed by atoms with E-state index in [2.05, 4.69) is 26.9 Å². The van der Waals surface area contributed by atoms with E-state index >= 15 is 0 Å². The van der Waals surface area contributed by atoms with Gasteiger partial charge in [-0.25, -0.2) is 0 Å². The van der Waals surface area contributed by atoms with Crippen LogP contribution in [0.2, 0.25) is 0 Å². The van der Waals surface area contributed by atoms with Crippen molar-refractivity contribution >= 4 is 23.2 Å². The van der Waals surface area contributed by atoms with Crippen molar-refractivity contribution in [2.75, 3.05) is 17.2 Å². The summed E-state index contributed by atoms with van der Waals surface area (Å²) in [4.78, 5) is 11.9. The van der Waals surface area contributed by atoms with Gasteiger partial charge in [-0.1, -0.05) is 30.3 Å². The van der Waals surface area contributed by atoms with Crippen LogP contribution in [0.15, 0.2) is 60.7 Å². The highest BCUT2D eigenvalue weighted by Crippen LogP contribution is 2.20. The van der Waals surface area contributed by atoms with Gasteiger partial charge in [-0.3, -0.25) is 4.79 Å². The second kappa shape index (κ2) is 8.11. The summed E-state index contributed by atoms with van der Waals surface area (Å²) in [6.07, 6.45) is 0. The van der Waals surface area contributed by atoms with Crippen molar-refractivity contribution in [2.24, 2.45) is 0 Å². The molecule has 132 valence electrons. The number of amides is 1. The first-order valence-electron chi connectivity index (χ1n) is 8.26. The monoisotopic (exact) mass is 348 g/mol. The minimum Gasteiger partial charge on any atom is -0.484 e. The molecular formula is C20H20N4O2. The van der Waals surface area contributed by atoms with Crippen LogP contribution in [0.4, 0.5) is 17.3 Å². The maximum atomic E-state index is 11.9. The van der Waals surface area contributed by atoms with Crippen LogP contribution in [0, 0.1) is 13.8 Å². The van der Waals surface area contributed by atoms with Crippen LogP contribution in [0.1, 0.15) is 11.1 Å². The zero-order chi connectivity index (χ0) is 18.4. The second-order valence-electron chi connectivity index (χ2n) is 5.90. The lowest BCUT2D eigenvalue weighted by Crippen LogP contribution is -2.21. The Labute approximate surface area is 152 Å². The fourth-order valence-electron chi connectivity index (χ4n) is 2.32. The van der Waals surface area contributed by atoms with Crippen LogP contribution in [0.25, 0.3) is 0 Å². The molecule has 6 nitrogen and oxygen atoms in total. The number of anilines is 3. The lowest BCUT2D eigenvalue weighted by Gasteiger charge is -2.10. The van der Waals surface area contributed by atoms with Gasteiger partial charge in [0.05, 0.1) is 0 Å². The molecular weight excluding hydrogens is 328 g/mol. The summed E-state index contributed by atoms with van der Waals surface area (Å²) in [5.74, 6) is 1.33. The normalized spacial score (nSPS) is 10.2. The Balaban J connectivity index is 1.55. The number of aryl methyl sites for hydroxylation is 2. The van der Waals surface area contributed by atoms with Crippen molar-refractivity contribution in [1.29, 1.82) is 0 Å². The minimum absolute atomic E-state index is 0.0891. The van der Waals surface area contributed by atoms with E-state index in [4.69, 9.17) is 4.74 Å². The Morgan fingerprint density at radius 2 is 1.69 bits per heavy atom. The predicted octanol–water partition coefficient (Wildman–Crippen LogP) is 3.85. The molecule has 0 fully saturated rings. The first kappa shape index (κ1) is 17.4. The fourth-order valence-corrected chi connectivity index (χ4v) is 2.32. The number of nitrogens with one attached hydrogen (secondary N) is 2. The van der Waals surface area contributed by atoms with Crippen molar-refractivity contribution in [3.05, 3.63) is 71.8 Å². The maximum Gasteiger partial charge on any atom is 0.263 e. The molecule has 0 bridgehead atoms. The molecule has 0 spiro atoms. The number of carbonyl (C=O) groups excluding carboxylic acids is 1. The third kappa shape index (κ3) is 4.80. The van der Waals surface area contributed by atoms with Crippen LogP contribution in [0.5, 0.6) is 5.75 Å². The molecule has 0 aliphatic carbocycles. The molecule has 3 aromatic rings. The second-order valence-corrected chi connectivity index (χ2v) is 5.90. The number of benzene rings is 2. The van der Waals surface area contributed by atoms with Gasteiger partial charge in [-0.15, -0.1) is 10.2 Å². The largest absolute Gasteiger partial charge is 0.484 e. The van der Waals surface area contributed by atoms with E-state index in [0.717, 1.165) is 16.8 Å². The molecule has 0 radical (unpaired) electrons. The molecule has 1 heterocycles. The van der Waals surface area contributed by atoms with Gasteiger partial charge in [0.1, 0.15) is 5.75 Å². The first-order valence-corrected chi connectivity index (χ1v) is 8.26. The number of para-hydroxylation sites is 1. The first-order chi connectivity index (χ1) is 12.6. The Kier molecular flexibility index (Phi) is 5.43. The molecule has 2 N–H and O–H groups in total. The van der Waals surface area contributed by atoms with E-state index in [1.54, 1.807) is 24.3 Å². The number of nitrogens with zero attached hydrogens (tertiary/aromatic N) is 2. The standard InChI is InChI=1S/C20H20N4O2/c1-14-8-9-15(2)17(12-14)21-18-10-11-19(24-23-18)22-20(25)13-26-16-6-4-3-5-7-16/h3-12H,13H2,1-2H3,(H,21,23)(H,22,24,25). The fraction of sp³-hybridized carbons (Fsp3) is 0.150. The van der Waals surface area contributed by atoms with Gasteiger partial charge in [0.2, 0.25) is 0 Å². The smallest absolute Gasteiger partial charge is 0.263 e. The average Bonchev–Trinajstić information content (AvgIpc) is 2.65. The molecule has 0 aliphatic rings. The van der Waals surface area contributed by atoms with Gasteiger partial charge in [-0.2, -0.15) is 0 Å². The summed E-state index contributed by atoms with van der Waals surface area (Å²) in [5, 5.41) is 14.0. The number of carbonyl (C=O) groups is 1. The van der Waals surface area contributed by atoms with Crippen LogP contribution >= 0.6 is 0 Å². The van der Waals surface area contributed by atoms with Crippen molar-refractivity contribution < 1.29 is 9.53 Å². The van der Waals surface area contributed by atoms with Crippen molar-refractivity contribution in [1.82, 2.24) is 10.2 Å². The molecule has 0 unspecified atom stereocenters. The average molecular weight is 348 g/mol. The molecule has 1 aromatic heterocycles. The van der Waals surface area contributed by atoms with Gasteiger partial charge in [0.25, 0.3) is 5.91 Å².